The molecule has 0 aromatic carbocycles. The molecular formula is C17H21N3O3S. The third-order valence-corrected chi connectivity index (χ3v) is 6.31. The van der Waals surface area contributed by atoms with Crippen LogP contribution in [0, 0.1) is 0 Å². The molecule has 0 N–H and O–H groups in total. The van der Waals surface area contributed by atoms with E-state index in [2.05, 4.69) is 11.0 Å². The molecule has 7 heteroatoms. The van der Waals surface area contributed by atoms with Crippen LogP contribution in [-0.2, 0) is 9.59 Å². The van der Waals surface area contributed by atoms with Gasteiger partial charge in [-0.05, 0) is 37.1 Å². The van der Waals surface area contributed by atoms with Crippen LogP contribution in [0.4, 0.5) is 4.79 Å². The number of urea groups is 1. The molecule has 4 rings (SSSR count). The third-order valence-electron chi connectivity index (χ3n) is 5.33. The van der Waals surface area contributed by atoms with E-state index < -0.39 is 17.8 Å². The van der Waals surface area contributed by atoms with E-state index in [4.69, 9.17) is 0 Å². The van der Waals surface area contributed by atoms with Crippen LogP contribution < -0.4 is 0 Å². The molecule has 4 amide bonds. The van der Waals surface area contributed by atoms with Crippen LogP contribution in [0.15, 0.2) is 17.5 Å². The van der Waals surface area contributed by atoms with Crippen molar-refractivity contribution < 1.29 is 14.4 Å². The first-order valence-electron chi connectivity index (χ1n) is 8.63. The van der Waals surface area contributed by atoms with Crippen molar-refractivity contribution in [3.63, 3.8) is 0 Å². The third kappa shape index (κ3) is 2.56. The molecule has 0 unspecified atom stereocenters. The van der Waals surface area contributed by atoms with E-state index >= 15 is 0 Å². The fraction of sp³-hybridized carbons (Fsp3) is 0.588. The predicted molar refractivity (Wildman–Crippen MR) is 89.2 cm³/mol. The first kappa shape index (κ1) is 15.8. The minimum absolute atomic E-state index is 0.0920. The van der Waals surface area contributed by atoms with Gasteiger partial charge in [0.05, 0.1) is 6.67 Å². The molecule has 1 aliphatic carbocycles. The van der Waals surface area contributed by atoms with Gasteiger partial charge in [-0.25, -0.2) is 9.69 Å². The van der Waals surface area contributed by atoms with Gasteiger partial charge in [0, 0.05) is 23.5 Å². The molecule has 0 radical (unpaired) electrons. The van der Waals surface area contributed by atoms with E-state index in [9.17, 15) is 14.4 Å². The number of thiophene rings is 1. The average molecular weight is 347 g/mol. The molecule has 1 aromatic heterocycles. The van der Waals surface area contributed by atoms with Gasteiger partial charge in [0.15, 0.2) is 0 Å². The second kappa shape index (κ2) is 6.29. The Hall–Kier alpha value is -1.73. The van der Waals surface area contributed by atoms with Gasteiger partial charge in [0.1, 0.15) is 0 Å². The highest BCUT2D eigenvalue weighted by atomic mass is 32.1. The Bertz CT molecular complexity index is 654. The minimum atomic E-state index is -0.663. The highest BCUT2D eigenvalue weighted by Gasteiger charge is 2.49. The standard InChI is InChI=1S/C17H21N3O3S/c21-15-16(22)20(12-5-1-2-6-12)17(23)19(15)11-18-9-3-7-13(18)14-8-4-10-24-14/h4,8,10,12-13H,1-3,5-7,9,11H2/t13-/m1/s1. The zero-order valence-electron chi connectivity index (χ0n) is 13.5. The molecule has 6 nitrogen and oxygen atoms in total. The SMILES string of the molecule is O=C1C(=O)N(C2CCCC2)C(=O)N1CN1CCC[C@@H]1c1cccs1. The molecule has 1 saturated carbocycles. The lowest BCUT2D eigenvalue weighted by molar-refractivity contribution is -0.144. The molecule has 3 fully saturated rings. The second-order valence-electron chi connectivity index (χ2n) is 6.76. The summed E-state index contributed by atoms with van der Waals surface area (Å²) in [6.45, 7) is 1.06. The number of hydrogen-bond acceptors (Lipinski definition) is 5. The van der Waals surface area contributed by atoms with Crippen LogP contribution >= 0.6 is 11.3 Å². The van der Waals surface area contributed by atoms with E-state index in [1.54, 1.807) is 11.3 Å². The lowest BCUT2D eigenvalue weighted by Crippen LogP contribution is -2.43. The first-order chi connectivity index (χ1) is 11.7. The van der Waals surface area contributed by atoms with E-state index in [-0.39, 0.29) is 18.8 Å². The zero-order valence-corrected chi connectivity index (χ0v) is 14.3. The van der Waals surface area contributed by atoms with Crippen molar-refractivity contribution in [2.45, 2.75) is 50.6 Å². The van der Waals surface area contributed by atoms with Gasteiger partial charge in [0.25, 0.3) is 0 Å². The van der Waals surface area contributed by atoms with Crippen LogP contribution in [0.2, 0.25) is 0 Å². The van der Waals surface area contributed by atoms with Gasteiger partial charge in [0.2, 0.25) is 0 Å². The monoisotopic (exact) mass is 347 g/mol. The normalized spacial score (nSPS) is 26.3. The lowest BCUT2D eigenvalue weighted by atomic mass is 10.2. The first-order valence-corrected chi connectivity index (χ1v) is 9.51. The quantitative estimate of drug-likeness (QED) is 0.620. The van der Waals surface area contributed by atoms with E-state index in [1.807, 2.05) is 11.4 Å². The molecule has 0 spiro atoms. The van der Waals surface area contributed by atoms with Crippen molar-refractivity contribution in [3.8, 4) is 0 Å². The van der Waals surface area contributed by atoms with Gasteiger partial charge in [-0.15, -0.1) is 11.3 Å². The molecule has 2 saturated heterocycles. The zero-order chi connectivity index (χ0) is 16.7. The van der Waals surface area contributed by atoms with Crippen LogP contribution in [0.3, 0.4) is 0 Å². The summed E-state index contributed by atoms with van der Waals surface area (Å²) in [6, 6.07) is 3.84. The van der Waals surface area contributed by atoms with E-state index in [0.29, 0.717) is 0 Å². The maximum Gasteiger partial charge on any atom is 0.335 e. The summed E-state index contributed by atoms with van der Waals surface area (Å²) in [5.74, 6) is -1.30. The summed E-state index contributed by atoms with van der Waals surface area (Å²) < 4.78 is 0. The summed E-state index contributed by atoms with van der Waals surface area (Å²) in [5.41, 5.74) is 0. The highest BCUT2D eigenvalue weighted by molar-refractivity contribution is 7.10. The maximum atomic E-state index is 12.7. The van der Waals surface area contributed by atoms with Crippen molar-refractivity contribution in [1.82, 2.24) is 14.7 Å². The van der Waals surface area contributed by atoms with Crippen LogP contribution in [-0.4, -0.2) is 51.8 Å². The van der Waals surface area contributed by atoms with Crippen molar-refractivity contribution in [2.75, 3.05) is 13.2 Å². The van der Waals surface area contributed by atoms with Gasteiger partial charge in [-0.2, -0.15) is 0 Å². The molecule has 3 heterocycles. The number of likely N-dealkylation sites (tertiary alicyclic amines) is 1. The molecule has 2 aliphatic heterocycles. The number of hydrogen-bond donors (Lipinski definition) is 0. The second-order valence-corrected chi connectivity index (χ2v) is 7.74. The van der Waals surface area contributed by atoms with Crippen molar-refractivity contribution in [3.05, 3.63) is 22.4 Å². The molecule has 0 bridgehead atoms. The average Bonchev–Trinajstić information content (AvgIpc) is 3.33. The Balaban J connectivity index is 1.50. The van der Waals surface area contributed by atoms with Gasteiger partial charge in [-0.3, -0.25) is 19.4 Å². The molecule has 3 aliphatic rings. The topological polar surface area (TPSA) is 60.9 Å². The molecule has 1 atom stereocenters. The number of imide groups is 2. The Labute approximate surface area is 145 Å². The van der Waals surface area contributed by atoms with Crippen molar-refractivity contribution >= 4 is 29.2 Å². The number of nitrogens with zero attached hydrogens (tertiary/aromatic N) is 3. The Morgan fingerprint density at radius 3 is 2.54 bits per heavy atom. The van der Waals surface area contributed by atoms with Crippen molar-refractivity contribution in [2.24, 2.45) is 0 Å². The molecule has 1 aromatic rings. The predicted octanol–water partition coefficient (Wildman–Crippen LogP) is 2.58. The summed E-state index contributed by atoms with van der Waals surface area (Å²) >= 11 is 1.70. The minimum Gasteiger partial charge on any atom is -0.278 e. The Kier molecular flexibility index (Phi) is 4.14. The maximum absolute atomic E-state index is 12.7. The summed E-state index contributed by atoms with van der Waals surface area (Å²) in [5, 5.41) is 2.04. The summed E-state index contributed by atoms with van der Waals surface area (Å²) in [7, 11) is 0. The Morgan fingerprint density at radius 1 is 1.04 bits per heavy atom. The van der Waals surface area contributed by atoms with Crippen molar-refractivity contribution in [1.29, 1.82) is 0 Å². The number of carbonyl (C=O) groups is 3. The smallest absolute Gasteiger partial charge is 0.278 e. The largest absolute Gasteiger partial charge is 0.335 e. The summed E-state index contributed by atoms with van der Waals surface area (Å²) in [4.78, 5) is 43.1. The molecule has 128 valence electrons. The van der Waals surface area contributed by atoms with Crippen LogP contribution in [0.1, 0.15) is 49.4 Å². The fourth-order valence-corrected chi connectivity index (χ4v) is 5.01. The van der Waals surface area contributed by atoms with E-state index in [0.717, 1.165) is 50.0 Å². The number of rotatable bonds is 4. The number of carbonyl (C=O) groups excluding carboxylic acids is 3. The Morgan fingerprint density at radius 2 is 1.83 bits per heavy atom. The van der Waals surface area contributed by atoms with Crippen LogP contribution in [0.25, 0.3) is 0 Å². The van der Waals surface area contributed by atoms with Crippen LogP contribution in [0.5, 0.6) is 0 Å². The summed E-state index contributed by atoms with van der Waals surface area (Å²) in [6.07, 6.45) is 5.74. The fourth-order valence-electron chi connectivity index (χ4n) is 4.11. The molecular weight excluding hydrogens is 326 g/mol. The molecule has 24 heavy (non-hydrogen) atoms. The lowest BCUT2D eigenvalue weighted by Gasteiger charge is -2.28. The van der Waals surface area contributed by atoms with Gasteiger partial charge < -0.3 is 0 Å². The van der Waals surface area contributed by atoms with Gasteiger partial charge >= 0.3 is 17.8 Å². The number of amides is 4. The van der Waals surface area contributed by atoms with E-state index in [1.165, 1.54) is 9.78 Å². The van der Waals surface area contributed by atoms with Gasteiger partial charge in [-0.1, -0.05) is 18.9 Å². The highest BCUT2D eigenvalue weighted by Crippen LogP contribution is 2.35.